The number of halogens is 1. The molecule has 21 heavy (non-hydrogen) atoms. The number of aromatic carboxylic acids is 1. The Morgan fingerprint density at radius 3 is 2.57 bits per heavy atom. The Morgan fingerprint density at radius 2 is 2.00 bits per heavy atom. The molecule has 1 rings (SSSR count). The number of carbonyl (C=O) groups is 2. The van der Waals surface area contributed by atoms with Crippen LogP contribution in [0.4, 0.5) is 10.1 Å². The minimum absolute atomic E-state index is 0.0217. The summed E-state index contributed by atoms with van der Waals surface area (Å²) >= 11 is 0. The van der Waals surface area contributed by atoms with Crippen molar-refractivity contribution in [3.63, 3.8) is 0 Å². The van der Waals surface area contributed by atoms with Crippen molar-refractivity contribution in [1.82, 2.24) is 0 Å². The molecule has 1 amide bonds. The molecular formula is C15H21FN2O3. The topological polar surface area (TPSA) is 92.4 Å². The fourth-order valence-electron chi connectivity index (χ4n) is 1.98. The lowest BCUT2D eigenvalue weighted by Gasteiger charge is -2.14. The van der Waals surface area contributed by atoms with E-state index in [0.29, 0.717) is 6.42 Å². The number of hydrogen-bond donors (Lipinski definition) is 3. The average molecular weight is 296 g/mol. The SMILES string of the molecule is CC(N)CCCC(C)C(=O)Nc1cccc(F)c1C(=O)O. The maximum atomic E-state index is 13.5. The van der Waals surface area contributed by atoms with E-state index in [-0.39, 0.29) is 23.6 Å². The van der Waals surface area contributed by atoms with Gasteiger partial charge in [-0.15, -0.1) is 0 Å². The van der Waals surface area contributed by atoms with Gasteiger partial charge in [0.25, 0.3) is 0 Å². The van der Waals surface area contributed by atoms with Crippen molar-refractivity contribution in [3.8, 4) is 0 Å². The number of nitrogens with two attached hydrogens (primary N) is 1. The molecule has 0 aliphatic carbocycles. The molecule has 0 aliphatic heterocycles. The first-order valence-corrected chi connectivity index (χ1v) is 6.91. The first-order valence-electron chi connectivity index (χ1n) is 6.91. The van der Waals surface area contributed by atoms with Gasteiger partial charge in [-0.3, -0.25) is 4.79 Å². The summed E-state index contributed by atoms with van der Waals surface area (Å²) in [5.74, 6) is -2.90. The van der Waals surface area contributed by atoms with Gasteiger partial charge in [0, 0.05) is 12.0 Å². The van der Waals surface area contributed by atoms with Crippen LogP contribution in [0.2, 0.25) is 0 Å². The zero-order valence-electron chi connectivity index (χ0n) is 12.2. The molecule has 2 unspecified atom stereocenters. The van der Waals surface area contributed by atoms with E-state index in [2.05, 4.69) is 5.32 Å². The highest BCUT2D eigenvalue weighted by molar-refractivity contribution is 6.01. The predicted octanol–water partition coefficient (Wildman–Crippen LogP) is 2.62. The summed E-state index contributed by atoms with van der Waals surface area (Å²) in [4.78, 5) is 23.1. The van der Waals surface area contributed by atoms with Crippen molar-refractivity contribution in [1.29, 1.82) is 0 Å². The average Bonchev–Trinajstić information content (AvgIpc) is 2.37. The molecule has 0 saturated carbocycles. The second-order valence-electron chi connectivity index (χ2n) is 5.27. The normalized spacial score (nSPS) is 13.5. The van der Waals surface area contributed by atoms with Crippen molar-refractivity contribution in [2.45, 2.75) is 39.2 Å². The minimum atomic E-state index is -1.41. The van der Waals surface area contributed by atoms with Crippen LogP contribution in [0.25, 0.3) is 0 Å². The molecule has 0 fully saturated rings. The summed E-state index contributed by atoms with van der Waals surface area (Å²) in [5.41, 5.74) is 5.10. The smallest absolute Gasteiger partial charge is 0.340 e. The number of carbonyl (C=O) groups excluding carboxylic acids is 1. The summed E-state index contributed by atoms with van der Waals surface area (Å²) in [6.07, 6.45) is 2.27. The Morgan fingerprint density at radius 1 is 1.33 bits per heavy atom. The third-order valence-corrected chi connectivity index (χ3v) is 3.23. The van der Waals surface area contributed by atoms with E-state index < -0.39 is 17.3 Å². The number of rotatable bonds is 7. The Balaban J connectivity index is 2.70. The highest BCUT2D eigenvalue weighted by atomic mass is 19.1. The first-order chi connectivity index (χ1) is 9.82. The van der Waals surface area contributed by atoms with Gasteiger partial charge in [-0.2, -0.15) is 0 Å². The molecule has 2 atom stereocenters. The highest BCUT2D eigenvalue weighted by Gasteiger charge is 2.19. The van der Waals surface area contributed by atoms with Crippen molar-refractivity contribution in [3.05, 3.63) is 29.6 Å². The molecular weight excluding hydrogens is 275 g/mol. The second-order valence-corrected chi connectivity index (χ2v) is 5.27. The molecule has 0 heterocycles. The molecule has 0 spiro atoms. The van der Waals surface area contributed by atoms with Gasteiger partial charge in [0.15, 0.2) is 0 Å². The molecule has 1 aromatic rings. The van der Waals surface area contributed by atoms with E-state index in [1.165, 1.54) is 12.1 Å². The van der Waals surface area contributed by atoms with Gasteiger partial charge in [-0.25, -0.2) is 9.18 Å². The molecule has 5 nitrogen and oxygen atoms in total. The Labute approximate surface area is 123 Å². The Kier molecular flexibility index (Phi) is 6.30. The minimum Gasteiger partial charge on any atom is -0.478 e. The highest BCUT2D eigenvalue weighted by Crippen LogP contribution is 2.20. The Bertz CT molecular complexity index is 518. The number of hydrogen-bond acceptors (Lipinski definition) is 3. The van der Waals surface area contributed by atoms with E-state index in [4.69, 9.17) is 10.8 Å². The van der Waals surface area contributed by atoms with Gasteiger partial charge in [-0.1, -0.05) is 19.4 Å². The standard InChI is InChI=1S/C15H21FN2O3/c1-9(5-3-6-10(2)17)14(19)18-12-8-4-7-11(16)13(12)15(20)21/h4,7-10H,3,5-6,17H2,1-2H3,(H,18,19)(H,20,21). The summed E-state index contributed by atoms with van der Waals surface area (Å²) in [7, 11) is 0. The molecule has 4 N–H and O–H groups in total. The van der Waals surface area contributed by atoms with Crippen molar-refractivity contribution in [2.24, 2.45) is 11.7 Å². The van der Waals surface area contributed by atoms with Crippen LogP contribution in [0.1, 0.15) is 43.5 Å². The fraction of sp³-hybridized carbons (Fsp3) is 0.467. The van der Waals surface area contributed by atoms with Crippen molar-refractivity contribution < 1.29 is 19.1 Å². The van der Waals surface area contributed by atoms with Gasteiger partial charge in [0.2, 0.25) is 5.91 Å². The number of carboxylic acid groups (broad SMARTS) is 1. The van der Waals surface area contributed by atoms with Crippen LogP contribution in [0.15, 0.2) is 18.2 Å². The summed E-state index contributed by atoms with van der Waals surface area (Å²) in [6.45, 7) is 3.65. The lowest BCUT2D eigenvalue weighted by Crippen LogP contribution is -2.23. The van der Waals surface area contributed by atoms with Crippen LogP contribution in [-0.2, 0) is 4.79 Å². The number of carboxylic acids is 1. The molecule has 0 bridgehead atoms. The zero-order chi connectivity index (χ0) is 16.0. The maximum absolute atomic E-state index is 13.5. The number of nitrogens with one attached hydrogen (secondary N) is 1. The summed E-state index contributed by atoms with van der Waals surface area (Å²) in [5, 5.41) is 11.5. The largest absolute Gasteiger partial charge is 0.478 e. The van der Waals surface area contributed by atoms with E-state index in [9.17, 15) is 14.0 Å². The van der Waals surface area contributed by atoms with Gasteiger partial charge < -0.3 is 16.2 Å². The van der Waals surface area contributed by atoms with Gasteiger partial charge >= 0.3 is 5.97 Å². The Hall–Kier alpha value is -1.95. The van der Waals surface area contributed by atoms with E-state index >= 15 is 0 Å². The monoisotopic (exact) mass is 296 g/mol. The lowest BCUT2D eigenvalue weighted by atomic mass is 10.0. The molecule has 6 heteroatoms. The predicted molar refractivity (Wildman–Crippen MR) is 78.7 cm³/mol. The lowest BCUT2D eigenvalue weighted by molar-refractivity contribution is -0.119. The molecule has 0 aromatic heterocycles. The molecule has 1 aromatic carbocycles. The van der Waals surface area contributed by atoms with E-state index in [1.54, 1.807) is 6.92 Å². The van der Waals surface area contributed by atoms with Gasteiger partial charge in [-0.05, 0) is 31.9 Å². The maximum Gasteiger partial charge on any atom is 0.340 e. The quantitative estimate of drug-likeness (QED) is 0.721. The molecule has 0 saturated heterocycles. The van der Waals surface area contributed by atoms with E-state index in [0.717, 1.165) is 18.9 Å². The third kappa shape index (κ3) is 5.15. The van der Waals surface area contributed by atoms with Gasteiger partial charge in [0.1, 0.15) is 11.4 Å². The summed E-state index contributed by atoms with van der Waals surface area (Å²) < 4.78 is 13.5. The number of anilines is 1. The van der Waals surface area contributed by atoms with Crippen molar-refractivity contribution >= 4 is 17.6 Å². The second kappa shape index (κ2) is 7.73. The van der Waals surface area contributed by atoms with Gasteiger partial charge in [0.05, 0.1) is 5.69 Å². The van der Waals surface area contributed by atoms with Crippen molar-refractivity contribution in [2.75, 3.05) is 5.32 Å². The molecule has 116 valence electrons. The summed E-state index contributed by atoms with van der Waals surface area (Å²) in [6, 6.07) is 3.87. The number of amides is 1. The first kappa shape index (κ1) is 17.1. The van der Waals surface area contributed by atoms with Crippen LogP contribution in [0, 0.1) is 11.7 Å². The zero-order valence-corrected chi connectivity index (χ0v) is 12.2. The third-order valence-electron chi connectivity index (χ3n) is 3.23. The molecule has 0 aliphatic rings. The number of benzene rings is 1. The van der Waals surface area contributed by atoms with E-state index in [1.807, 2.05) is 6.92 Å². The van der Waals surface area contributed by atoms with Crippen LogP contribution in [0.3, 0.4) is 0 Å². The van der Waals surface area contributed by atoms with Crippen LogP contribution >= 0.6 is 0 Å². The van der Waals surface area contributed by atoms with Crippen LogP contribution < -0.4 is 11.1 Å². The fourth-order valence-corrected chi connectivity index (χ4v) is 1.98. The van der Waals surface area contributed by atoms with Crippen LogP contribution in [-0.4, -0.2) is 23.0 Å². The molecule has 0 radical (unpaired) electrons. The van der Waals surface area contributed by atoms with Crippen LogP contribution in [0.5, 0.6) is 0 Å².